The van der Waals surface area contributed by atoms with Gasteiger partial charge in [-0.3, -0.25) is 0 Å². The van der Waals surface area contributed by atoms with Crippen LogP contribution in [0.3, 0.4) is 0 Å². The molecule has 0 amide bonds. The fourth-order valence-electron chi connectivity index (χ4n) is 2.34. The van der Waals surface area contributed by atoms with Crippen molar-refractivity contribution in [3.05, 3.63) is 0 Å². The minimum absolute atomic E-state index is 0.289. The molecule has 0 heterocycles. The third-order valence-corrected chi connectivity index (χ3v) is 4.61. The number of unbranched alkanes of at least 4 members (excludes halogenated alkanes) is 1. The van der Waals surface area contributed by atoms with Crippen molar-refractivity contribution in [2.45, 2.75) is 65.3 Å². The largest absolute Gasteiger partial charge is 0.331 e. The molecule has 0 saturated carbocycles. The standard InChI is InChI=1S/C17H39N2/c1-15(11-9-10-14-19(6,7)8)16(2)12-13-17(3,4)18-5/h15-16,18H,9-14H2,1-8H3/q+1. The summed E-state index contributed by atoms with van der Waals surface area (Å²) in [5.74, 6) is 1.71. The molecule has 0 aliphatic rings. The normalized spacial score (nSPS) is 16.4. The highest BCUT2D eigenvalue weighted by molar-refractivity contribution is 4.77. The molecule has 19 heavy (non-hydrogen) atoms. The molecule has 0 aromatic heterocycles. The van der Waals surface area contributed by atoms with E-state index in [2.05, 4.69) is 61.2 Å². The second kappa shape index (κ2) is 8.26. The fourth-order valence-corrected chi connectivity index (χ4v) is 2.34. The fraction of sp³-hybridized carbons (Fsp3) is 1.00. The van der Waals surface area contributed by atoms with Crippen molar-refractivity contribution >= 4 is 0 Å². The minimum atomic E-state index is 0.289. The number of quaternary nitrogens is 1. The summed E-state index contributed by atoms with van der Waals surface area (Å²) < 4.78 is 1.10. The van der Waals surface area contributed by atoms with Crippen LogP contribution in [-0.2, 0) is 0 Å². The van der Waals surface area contributed by atoms with Gasteiger partial charge in [0, 0.05) is 5.54 Å². The lowest BCUT2D eigenvalue weighted by molar-refractivity contribution is -0.870. The summed E-state index contributed by atoms with van der Waals surface area (Å²) in [4.78, 5) is 0. The highest BCUT2D eigenvalue weighted by Gasteiger charge is 2.19. The van der Waals surface area contributed by atoms with E-state index in [-0.39, 0.29) is 5.54 Å². The topological polar surface area (TPSA) is 12.0 Å². The summed E-state index contributed by atoms with van der Waals surface area (Å²) in [7, 11) is 8.92. The van der Waals surface area contributed by atoms with Crippen LogP contribution in [0.1, 0.15) is 59.8 Å². The molecular weight excluding hydrogens is 232 g/mol. The zero-order chi connectivity index (χ0) is 15.1. The maximum absolute atomic E-state index is 3.40. The lowest BCUT2D eigenvalue weighted by atomic mass is 9.84. The van der Waals surface area contributed by atoms with E-state index < -0.39 is 0 Å². The molecule has 0 fully saturated rings. The third-order valence-electron chi connectivity index (χ3n) is 4.61. The zero-order valence-electron chi connectivity index (χ0n) is 14.8. The van der Waals surface area contributed by atoms with E-state index in [4.69, 9.17) is 0 Å². The van der Waals surface area contributed by atoms with E-state index >= 15 is 0 Å². The van der Waals surface area contributed by atoms with E-state index in [1.54, 1.807) is 0 Å². The van der Waals surface area contributed by atoms with Crippen molar-refractivity contribution in [3.63, 3.8) is 0 Å². The molecule has 0 aromatic rings. The Hall–Kier alpha value is -0.0800. The van der Waals surface area contributed by atoms with Crippen molar-refractivity contribution in [1.29, 1.82) is 0 Å². The molecule has 1 N–H and O–H groups in total. The monoisotopic (exact) mass is 271 g/mol. The molecule has 0 radical (unpaired) electrons. The van der Waals surface area contributed by atoms with Crippen LogP contribution in [0.4, 0.5) is 0 Å². The quantitative estimate of drug-likeness (QED) is 0.469. The van der Waals surface area contributed by atoms with Crippen molar-refractivity contribution in [1.82, 2.24) is 5.32 Å². The van der Waals surface area contributed by atoms with Gasteiger partial charge in [0.25, 0.3) is 0 Å². The van der Waals surface area contributed by atoms with Crippen LogP contribution < -0.4 is 5.32 Å². The van der Waals surface area contributed by atoms with E-state index in [0.717, 1.165) is 16.3 Å². The highest BCUT2D eigenvalue weighted by Crippen LogP contribution is 2.25. The van der Waals surface area contributed by atoms with Gasteiger partial charge < -0.3 is 9.80 Å². The molecular formula is C17H39N2+. The Labute approximate surface area is 122 Å². The summed E-state index contributed by atoms with van der Waals surface area (Å²) in [5.41, 5.74) is 0.289. The first kappa shape index (κ1) is 18.9. The van der Waals surface area contributed by atoms with Crippen LogP contribution in [0.25, 0.3) is 0 Å². The number of nitrogens with one attached hydrogen (secondary N) is 1. The van der Waals surface area contributed by atoms with Gasteiger partial charge in [-0.25, -0.2) is 0 Å². The van der Waals surface area contributed by atoms with Gasteiger partial charge in [0.2, 0.25) is 0 Å². The Morgan fingerprint density at radius 3 is 1.95 bits per heavy atom. The third kappa shape index (κ3) is 10.4. The molecule has 2 atom stereocenters. The van der Waals surface area contributed by atoms with Crippen molar-refractivity contribution < 1.29 is 4.48 Å². The van der Waals surface area contributed by atoms with Gasteiger partial charge in [0.15, 0.2) is 0 Å². The number of hydrogen-bond acceptors (Lipinski definition) is 1. The predicted octanol–water partition coefficient (Wildman–Crippen LogP) is 3.91. The zero-order valence-corrected chi connectivity index (χ0v) is 14.8. The minimum Gasteiger partial charge on any atom is -0.331 e. The molecule has 2 nitrogen and oxygen atoms in total. The summed E-state index contributed by atoms with van der Waals surface area (Å²) in [6.07, 6.45) is 6.75. The van der Waals surface area contributed by atoms with Crippen molar-refractivity contribution in [2.75, 3.05) is 34.7 Å². The van der Waals surface area contributed by atoms with Gasteiger partial charge in [-0.05, 0) is 58.4 Å². The number of hydrogen-bond donors (Lipinski definition) is 1. The van der Waals surface area contributed by atoms with Crippen LogP contribution in [-0.4, -0.2) is 44.8 Å². The van der Waals surface area contributed by atoms with Crippen LogP contribution in [0.2, 0.25) is 0 Å². The molecule has 0 aliphatic heterocycles. The summed E-state index contributed by atoms with van der Waals surface area (Å²) in [6, 6.07) is 0. The first-order valence-electron chi connectivity index (χ1n) is 8.07. The Balaban J connectivity index is 3.79. The lowest BCUT2D eigenvalue weighted by Crippen LogP contribution is -2.36. The number of rotatable bonds is 10. The van der Waals surface area contributed by atoms with Gasteiger partial charge >= 0.3 is 0 Å². The molecule has 0 spiro atoms. The second-order valence-electron chi connectivity index (χ2n) is 8.14. The Kier molecular flexibility index (Phi) is 8.23. The first-order valence-corrected chi connectivity index (χ1v) is 8.07. The lowest BCUT2D eigenvalue weighted by Gasteiger charge is -2.28. The Morgan fingerprint density at radius 1 is 0.947 bits per heavy atom. The maximum atomic E-state index is 3.40. The average Bonchev–Trinajstić information content (AvgIpc) is 2.30. The molecule has 0 aromatic carbocycles. The van der Waals surface area contributed by atoms with E-state index in [0.29, 0.717) is 0 Å². The van der Waals surface area contributed by atoms with Gasteiger partial charge in [-0.15, -0.1) is 0 Å². The molecule has 0 aliphatic carbocycles. The second-order valence-corrected chi connectivity index (χ2v) is 8.14. The number of nitrogens with zero attached hydrogens (tertiary/aromatic N) is 1. The van der Waals surface area contributed by atoms with Crippen LogP contribution in [0, 0.1) is 11.8 Å². The van der Waals surface area contributed by atoms with E-state index in [1.807, 2.05) is 0 Å². The Morgan fingerprint density at radius 2 is 1.47 bits per heavy atom. The van der Waals surface area contributed by atoms with Crippen LogP contribution in [0.15, 0.2) is 0 Å². The van der Waals surface area contributed by atoms with Gasteiger partial charge in [0.1, 0.15) is 0 Å². The maximum Gasteiger partial charge on any atom is 0.0780 e. The van der Waals surface area contributed by atoms with E-state index in [1.165, 1.54) is 38.6 Å². The smallest absolute Gasteiger partial charge is 0.0780 e. The van der Waals surface area contributed by atoms with Gasteiger partial charge in [0.05, 0.1) is 27.7 Å². The molecule has 2 heteroatoms. The van der Waals surface area contributed by atoms with Crippen molar-refractivity contribution in [3.8, 4) is 0 Å². The van der Waals surface area contributed by atoms with E-state index in [9.17, 15) is 0 Å². The Bertz CT molecular complexity index is 228. The summed E-state index contributed by atoms with van der Waals surface area (Å²) in [5, 5.41) is 3.40. The highest BCUT2D eigenvalue weighted by atomic mass is 15.3. The van der Waals surface area contributed by atoms with Gasteiger partial charge in [-0.2, -0.15) is 0 Å². The average molecular weight is 272 g/mol. The predicted molar refractivity (Wildman–Crippen MR) is 87.5 cm³/mol. The summed E-state index contributed by atoms with van der Waals surface area (Å²) in [6.45, 7) is 10.8. The summed E-state index contributed by atoms with van der Waals surface area (Å²) >= 11 is 0. The SMILES string of the molecule is CNC(C)(C)CCC(C)C(C)CCCC[N+](C)(C)C. The molecule has 0 saturated heterocycles. The van der Waals surface area contributed by atoms with Crippen molar-refractivity contribution in [2.24, 2.45) is 11.8 Å². The first-order chi connectivity index (χ1) is 8.57. The van der Waals surface area contributed by atoms with Crippen LogP contribution in [0.5, 0.6) is 0 Å². The van der Waals surface area contributed by atoms with Gasteiger partial charge in [-0.1, -0.05) is 20.3 Å². The molecule has 116 valence electrons. The molecule has 2 unspecified atom stereocenters. The van der Waals surface area contributed by atoms with Crippen LogP contribution >= 0.6 is 0 Å². The molecule has 0 rings (SSSR count). The molecule has 0 bridgehead atoms.